The lowest BCUT2D eigenvalue weighted by atomic mass is 10.6. The van der Waals surface area contributed by atoms with Crippen LogP contribution in [0.5, 0.6) is 0 Å². The lowest BCUT2D eigenvalue weighted by Gasteiger charge is -1.95. The number of nitrogens with zero attached hydrogens (tertiary/aromatic N) is 3. The van der Waals surface area contributed by atoms with Crippen LogP contribution >= 0.6 is 27.3 Å². The molecule has 0 saturated heterocycles. The second-order valence-electron chi connectivity index (χ2n) is 2.22. The molecule has 6 heteroatoms. The van der Waals surface area contributed by atoms with Gasteiger partial charge in [0.1, 0.15) is 0 Å². The lowest BCUT2D eigenvalue weighted by Crippen LogP contribution is -2.18. The minimum absolute atomic E-state index is 0.177. The van der Waals surface area contributed by atoms with E-state index in [4.69, 9.17) is 0 Å². The van der Waals surface area contributed by atoms with Gasteiger partial charge in [0, 0.05) is 12.3 Å². The van der Waals surface area contributed by atoms with E-state index >= 15 is 0 Å². The fraction of sp³-hybridized carbons (Fsp3) is 0. The summed E-state index contributed by atoms with van der Waals surface area (Å²) in [6, 6.07) is 3.05. The average Bonchev–Trinajstić information content (AvgIpc) is 2.53. The summed E-state index contributed by atoms with van der Waals surface area (Å²) in [5.41, 5.74) is -0.177. The van der Waals surface area contributed by atoms with Crippen LogP contribution in [0.2, 0.25) is 0 Å². The SMILES string of the molecule is O=c1cccnn1-c1ncc(Br)s1. The van der Waals surface area contributed by atoms with Gasteiger partial charge in [-0.3, -0.25) is 4.79 Å². The minimum Gasteiger partial charge on any atom is -0.267 e. The topological polar surface area (TPSA) is 47.8 Å². The van der Waals surface area contributed by atoms with Crippen LogP contribution < -0.4 is 5.56 Å². The molecule has 0 N–H and O–H groups in total. The molecule has 0 saturated carbocycles. The van der Waals surface area contributed by atoms with E-state index in [0.717, 1.165) is 3.79 Å². The molecule has 2 aromatic heterocycles. The number of hydrogen-bond acceptors (Lipinski definition) is 4. The van der Waals surface area contributed by atoms with Crippen molar-refractivity contribution in [3.8, 4) is 5.13 Å². The number of hydrogen-bond donors (Lipinski definition) is 0. The van der Waals surface area contributed by atoms with Gasteiger partial charge in [-0.05, 0) is 22.0 Å². The van der Waals surface area contributed by atoms with Crippen molar-refractivity contribution in [1.29, 1.82) is 0 Å². The molecule has 2 aromatic rings. The second kappa shape index (κ2) is 3.39. The van der Waals surface area contributed by atoms with Crippen LogP contribution in [-0.2, 0) is 0 Å². The zero-order chi connectivity index (χ0) is 9.26. The van der Waals surface area contributed by atoms with Crippen molar-refractivity contribution in [2.75, 3.05) is 0 Å². The van der Waals surface area contributed by atoms with Crippen LogP contribution in [0, 0.1) is 0 Å². The van der Waals surface area contributed by atoms with Crippen molar-refractivity contribution < 1.29 is 0 Å². The largest absolute Gasteiger partial charge is 0.273 e. The summed E-state index contributed by atoms with van der Waals surface area (Å²) in [4.78, 5) is 15.3. The van der Waals surface area contributed by atoms with Gasteiger partial charge in [0.25, 0.3) is 5.56 Å². The third kappa shape index (κ3) is 1.68. The smallest absolute Gasteiger partial charge is 0.267 e. The van der Waals surface area contributed by atoms with Crippen LogP contribution in [0.3, 0.4) is 0 Å². The molecule has 0 unspecified atom stereocenters. The Morgan fingerprint density at radius 2 is 2.38 bits per heavy atom. The summed E-state index contributed by atoms with van der Waals surface area (Å²) in [7, 11) is 0. The fourth-order valence-corrected chi connectivity index (χ4v) is 1.99. The normalized spacial score (nSPS) is 10.2. The molecule has 0 aliphatic carbocycles. The van der Waals surface area contributed by atoms with Crippen molar-refractivity contribution >= 4 is 27.3 Å². The van der Waals surface area contributed by atoms with E-state index in [2.05, 4.69) is 26.0 Å². The molecule has 0 aromatic carbocycles. The van der Waals surface area contributed by atoms with Crippen LogP contribution in [0.15, 0.2) is 33.1 Å². The van der Waals surface area contributed by atoms with Gasteiger partial charge >= 0.3 is 0 Å². The summed E-state index contributed by atoms with van der Waals surface area (Å²) in [6.45, 7) is 0. The Labute approximate surface area is 86.0 Å². The molecule has 13 heavy (non-hydrogen) atoms. The van der Waals surface area contributed by atoms with E-state index in [9.17, 15) is 4.79 Å². The van der Waals surface area contributed by atoms with Gasteiger partial charge in [0.15, 0.2) is 0 Å². The van der Waals surface area contributed by atoms with E-state index in [1.807, 2.05) is 0 Å². The first kappa shape index (κ1) is 8.58. The van der Waals surface area contributed by atoms with Gasteiger partial charge in [0.05, 0.1) is 9.98 Å². The zero-order valence-corrected chi connectivity index (χ0v) is 8.75. The molecule has 0 spiro atoms. The zero-order valence-electron chi connectivity index (χ0n) is 6.35. The molecule has 0 aliphatic heterocycles. The maximum absolute atomic E-state index is 11.3. The Morgan fingerprint density at radius 1 is 1.54 bits per heavy atom. The minimum atomic E-state index is -0.177. The van der Waals surface area contributed by atoms with Crippen molar-refractivity contribution in [1.82, 2.24) is 14.8 Å². The Kier molecular flexibility index (Phi) is 2.24. The standard InChI is InChI=1S/C7H4BrN3OS/c8-5-4-9-7(13-5)11-6(12)2-1-3-10-11/h1-4H. The average molecular weight is 258 g/mol. The van der Waals surface area contributed by atoms with Gasteiger partial charge in [0.2, 0.25) is 5.13 Å². The predicted octanol–water partition coefficient (Wildman–Crippen LogP) is 1.45. The van der Waals surface area contributed by atoms with Crippen LogP contribution in [0.1, 0.15) is 0 Å². The van der Waals surface area contributed by atoms with Gasteiger partial charge in [-0.15, -0.1) is 0 Å². The van der Waals surface area contributed by atoms with Gasteiger partial charge in [-0.25, -0.2) is 4.98 Å². The molecule has 0 aliphatic rings. The first-order valence-corrected chi connectivity index (χ1v) is 5.04. The summed E-state index contributed by atoms with van der Waals surface area (Å²) >= 11 is 4.63. The first-order chi connectivity index (χ1) is 6.27. The summed E-state index contributed by atoms with van der Waals surface area (Å²) in [5, 5.41) is 4.46. The van der Waals surface area contributed by atoms with Crippen LogP contribution in [0.25, 0.3) is 5.13 Å². The Balaban J connectivity index is 2.59. The molecule has 0 radical (unpaired) electrons. The molecule has 2 heterocycles. The van der Waals surface area contributed by atoms with Crippen molar-refractivity contribution in [3.05, 3.63) is 38.7 Å². The van der Waals surface area contributed by atoms with Gasteiger partial charge < -0.3 is 0 Å². The van der Waals surface area contributed by atoms with Gasteiger partial charge in [-0.2, -0.15) is 9.78 Å². The highest BCUT2D eigenvalue weighted by Crippen LogP contribution is 2.20. The number of aromatic nitrogens is 3. The molecule has 2 rings (SSSR count). The number of thiazole rings is 1. The lowest BCUT2D eigenvalue weighted by molar-refractivity contribution is 0.799. The Morgan fingerprint density at radius 3 is 3.00 bits per heavy atom. The number of rotatable bonds is 1. The summed E-state index contributed by atoms with van der Waals surface area (Å²) < 4.78 is 2.13. The highest BCUT2D eigenvalue weighted by Gasteiger charge is 2.03. The highest BCUT2D eigenvalue weighted by atomic mass is 79.9. The van der Waals surface area contributed by atoms with Crippen molar-refractivity contribution in [2.24, 2.45) is 0 Å². The molecular weight excluding hydrogens is 254 g/mol. The van der Waals surface area contributed by atoms with Crippen LogP contribution in [0.4, 0.5) is 0 Å². The third-order valence-corrected chi connectivity index (χ3v) is 2.81. The summed E-state index contributed by atoms with van der Waals surface area (Å²) in [6.07, 6.45) is 3.19. The molecule has 0 amide bonds. The first-order valence-electron chi connectivity index (χ1n) is 3.43. The molecule has 0 atom stereocenters. The molecular formula is C7H4BrN3OS. The Hall–Kier alpha value is -1.01. The third-order valence-electron chi connectivity index (χ3n) is 1.36. The maximum Gasteiger partial charge on any atom is 0.273 e. The van der Waals surface area contributed by atoms with Crippen molar-refractivity contribution in [2.45, 2.75) is 0 Å². The molecule has 0 bridgehead atoms. The molecule has 4 nitrogen and oxygen atoms in total. The van der Waals surface area contributed by atoms with Crippen LogP contribution in [-0.4, -0.2) is 14.8 Å². The maximum atomic E-state index is 11.3. The predicted molar refractivity (Wildman–Crippen MR) is 53.2 cm³/mol. The second-order valence-corrected chi connectivity index (χ2v) is 4.61. The number of halogens is 1. The van der Waals surface area contributed by atoms with E-state index < -0.39 is 0 Å². The van der Waals surface area contributed by atoms with Crippen molar-refractivity contribution in [3.63, 3.8) is 0 Å². The monoisotopic (exact) mass is 257 g/mol. The highest BCUT2D eigenvalue weighted by molar-refractivity contribution is 9.11. The van der Waals surface area contributed by atoms with E-state index in [1.165, 1.54) is 22.1 Å². The molecule has 66 valence electrons. The van der Waals surface area contributed by atoms with E-state index in [-0.39, 0.29) is 5.56 Å². The van der Waals surface area contributed by atoms with E-state index in [0.29, 0.717) is 5.13 Å². The Bertz CT molecular complexity index is 478. The van der Waals surface area contributed by atoms with E-state index in [1.54, 1.807) is 18.5 Å². The van der Waals surface area contributed by atoms with Gasteiger partial charge in [-0.1, -0.05) is 11.3 Å². The summed E-state index contributed by atoms with van der Waals surface area (Å²) in [5.74, 6) is 0. The fourth-order valence-electron chi connectivity index (χ4n) is 0.845. The quantitative estimate of drug-likeness (QED) is 0.777. The molecule has 0 fully saturated rings.